The van der Waals surface area contributed by atoms with Crippen LogP contribution in [0.15, 0.2) is 36.4 Å². The Kier molecular flexibility index (Phi) is 7.15. The molecule has 0 unspecified atom stereocenters. The third-order valence-corrected chi connectivity index (χ3v) is 7.08. The Morgan fingerprint density at radius 2 is 0.590 bits per heavy atom. The fourth-order valence-electron chi connectivity index (χ4n) is 5.01. The molecule has 39 heavy (non-hydrogen) atoms. The Labute approximate surface area is 226 Å². The molecule has 0 bridgehead atoms. The number of aryl methyl sites for hydroxylation is 4. The first-order chi connectivity index (χ1) is 18.3. The van der Waals surface area contributed by atoms with Crippen LogP contribution in [-0.4, -0.2) is 40.9 Å². The summed E-state index contributed by atoms with van der Waals surface area (Å²) in [5, 5.41) is 83.3. The summed E-state index contributed by atoms with van der Waals surface area (Å²) in [5.74, 6) is -3.21. The largest absolute Gasteiger partial charge is 0.507 e. The van der Waals surface area contributed by atoms with E-state index >= 15 is 0 Å². The van der Waals surface area contributed by atoms with E-state index in [2.05, 4.69) is 0 Å². The molecular formula is C31H32O8. The highest BCUT2D eigenvalue weighted by Gasteiger charge is 2.22. The molecule has 4 rings (SSSR count). The van der Waals surface area contributed by atoms with Crippen molar-refractivity contribution in [2.45, 2.75) is 47.0 Å². The maximum absolute atomic E-state index is 10.6. The Bertz CT molecular complexity index is 1440. The first-order valence-electron chi connectivity index (χ1n) is 12.4. The monoisotopic (exact) mass is 532 g/mol. The van der Waals surface area contributed by atoms with Gasteiger partial charge < -0.3 is 40.9 Å². The van der Waals surface area contributed by atoms with Gasteiger partial charge in [0.25, 0.3) is 0 Å². The van der Waals surface area contributed by atoms with Crippen molar-refractivity contribution in [3.63, 3.8) is 0 Å². The first kappa shape index (κ1) is 27.3. The molecule has 4 aromatic rings. The number of hydrogen-bond donors (Lipinski definition) is 8. The molecule has 0 atom stereocenters. The van der Waals surface area contributed by atoms with Crippen molar-refractivity contribution in [2.24, 2.45) is 0 Å². The van der Waals surface area contributed by atoms with Crippen molar-refractivity contribution in [2.75, 3.05) is 0 Å². The van der Waals surface area contributed by atoms with Crippen molar-refractivity contribution < 1.29 is 40.9 Å². The molecule has 0 radical (unpaired) electrons. The summed E-state index contributed by atoms with van der Waals surface area (Å²) in [5.41, 5.74) is 5.12. The molecule has 0 amide bonds. The number of hydrogen-bond acceptors (Lipinski definition) is 8. The molecule has 0 fully saturated rings. The lowest BCUT2D eigenvalue weighted by atomic mass is 9.93. The minimum absolute atomic E-state index is 0.138. The van der Waals surface area contributed by atoms with E-state index in [1.54, 1.807) is 52.0 Å². The molecule has 0 saturated carbocycles. The van der Waals surface area contributed by atoms with Crippen LogP contribution in [-0.2, 0) is 19.3 Å². The van der Waals surface area contributed by atoms with Crippen LogP contribution in [0.1, 0.15) is 55.6 Å². The number of phenols is 8. The molecule has 0 aliphatic carbocycles. The molecule has 204 valence electrons. The SMILES string of the molecule is Cc1cc(Cc2cc(Cc3cc(Cc4cc(C)c(O)c(C)c4)c(O)c(O)c3O)c(O)c(O)c2O)cc(C)c1O. The van der Waals surface area contributed by atoms with Crippen LogP contribution < -0.4 is 0 Å². The van der Waals surface area contributed by atoms with Crippen LogP contribution >= 0.6 is 0 Å². The van der Waals surface area contributed by atoms with E-state index in [4.69, 9.17) is 0 Å². The molecule has 4 aromatic carbocycles. The summed E-state index contributed by atoms with van der Waals surface area (Å²) in [6, 6.07) is 10.0. The van der Waals surface area contributed by atoms with Gasteiger partial charge in [0, 0.05) is 41.5 Å². The van der Waals surface area contributed by atoms with Gasteiger partial charge in [-0.05, 0) is 73.2 Å². The highest BCUT2D eigenvalue weighted by Crippen LogP contribution is 2.46. The second-order valence-corrected chi connectivity index (χ2v) is 10.2. The zero-order valence-corrected chi connectivity index (χ0v) is 22.2. The van der Waals surface area contributed by atoms with Crippen LogP contribution in [0, 0.1) is 27.7 Å². The third-order valence-electron chi connectivity index (χ3n) is 7.08. The van der Waals surface area contributed by atoms with E-state index in [0.29, 0.717) is 33.4 Å². The highest BCUT2D eigenvalue weighted by atomic mass is 16.3. The Morgan fingerprint density at radius 1 is 0.333 bits per heavy atom. The lowest BCUT2D eigenvalue weighted by Crippen LogP contribution is -1.99. The van der Waals surface area contributed by atoms with Gasteiger partial charge in [-0.3, -0.25) is 0 Å². The zero-order valence-electron chi connectivity index (χ0n) is 22.2. The second-order valence-electron chi connectivity index (χ2n) is 10.2. The topological polar surface area (TPSA) is 162 Å². The van der Waals surface area contributed by atoms with Crippen molar-refractivity contribution in [1.82, 2.24) is 0 Å². The van der Waals surface area contributed by atoms with Gasteiger partial charge in [-0.2, -0.15) is 0 Å². The van der Waals surface area contributed by atoms with Gasteiger partial charge in [0.1, 0.15) is 11.5 Å². The van der Waals surface area contributed by atoms with E-state index < -0.39 is 34.5 Å². The van der Waals surface area contributed by atoms with Crippen LogP contribution in [0.5, 0.6) is 46.0 Å². The Balaban J connectivity index is 1.73. The van der Waals surface area contributed by atoms with Crippen molar-refractivity contribution >= 4 is 0 Å². The molecule has 0 aliphatic rings. The molecule has 0 aliphatic heterocycles. The van der Waals surface area contributed by atoms with E-state index in [-0.39, 0.29) is 41.9 Å². The quantitative estimate of drug-likeness (QED) is 0.154. The van der Waals surface area contributed by atoms with Crippen molar-refractivity contribution in [3.8, 4) is 46.0 Å². The average molecular weight is 533 g/mol. The number of rotatable bonds is 6. The summed E-state index contributed by atoms with van der Waals surface area (Å²) >= 11 is 0. The van der Waals surface area contributed by atoms with Gasteiger partial charge in [-0.25, -0.2) is 0 Å². The van der Waals surface area contributed by atoms with E-state index in [1.807, 2.05) is 0 Å². The van der Waals surface area contributed by atoms with Crippen molar-refractivity contribution in [1.29, 1.82) is 0 Å². The molecule has 0 saturated heterocycles. The maximum Gasteiger partial charge on any atom is 0.200 e. The summed E-state index contributed by atoms with van der Waals surface area (Å²) in [7, 11) is 0. The summed E-state index contributed by atoms with van der Waals surface area (Å²) in [6.07, 6.45) is 0.235. The molecule has 8 nitrogen and oxygen atoms in total. The minimum atomic E-state index is -0.715. The lowest BCUT2D eigenvalue weighted by molar-refractivity contribution is 0.360. The zero-order chi connectivity index (χ0) is 28.8. The van der Waals surface area contributed by atoms with Crippen molar-refractivity contribution in [3.05, 3.63) is 92.0 Å². The fourth-order valence-corrected chi connectivity index (χ4v) is 5.01. The average Bonchev–Trinajstić information content (AvgIpc) is 2.88. The smallest absolute Gasteiger partial charge is 0.200 e. The predicted octanol–water partition coefficient (Wildman–Crippen LogP) is 5.34. The van der Waals surface area contributed by atoms with Gasteiger partial charge in [-0.1, -0.05) is 24.3 Å². The van der Waals surface area contributed by atoms with Gasteiger partial charge >= 0.3 is 0 Å². The summed E-state index contributed by atoms with van der Waals surface area (Å²) in [4.78, 5) is 0. The van der Waals surface area contributed by atoms with Crippen LogP contribution in [0.25, 0.3) is 0 Å². The van der Waals surface area contributed by atoms with Crippen LogP contribution in [0.4, 0.5) is 0 Å². The second kappa shape index (κ2) is 10.2. The minimum Gasteiger partial charge on any atom is -0.507 e. The van der Waals surface area contributed by atoms with Gasteiger partial charge in [0.15, 0.2) is 23.0 Å². The highest BCUT2D eigenvalue weighted by molar-refractivity contribution is 5.63. The summed E-state index contributed by atoms with van der Waals surface area (Å²) in [6.45, 7) is 7.02. The normalized spacial score (nSPS) is 11.2. The van der Waals surface area contributed by atoms with Gasteiger partial charge in [0.05, 0.1) is 0 Å². The number of benzene rings is 4. The molecule has 0 heterocycles. The molecule has 8 N–H and O–H groups in total. The molecular weight excluding hydrogens is 500 g/mol. The standard InChI is InChI=1S/C31H32O8/c1-14-5-18(6-15(2)24(14)32)9-20-11-22(28(36)30(38)26(20)34)13-23-12-21(27(35)31(39)29(23)37)10-19-7-16(3)25(33)17(4)8-19/h5-8,11-12,32-39H,9-10,13H2,1-4H3. The van der Waals surface area contributed by atoms with E-state index in [9.17, 15) is 40.9 Å². The predicted molar refractivity (Wildman–Crippen MR) is 146 cm³/mol. The van der Waals surface area contributed by atoms with Crippen LogP contribution in [0.3, 0.4) is 0 Å². The molecule has 0 aromatic heterocycles. The molecule has 8 heteroatoms. The Hall–Kier alpha value is -4.72. The Morgan fingerprint density at radius 3 is 0.872 bits per heavy atom. The van der Waals surface area contributed by atoms with Crippen LogP contribution in [0.2, 0.25) is 0 Å². The molecule has 0 spiro atoms. The number of aromatic hydroxyl groups is 8. The number of phenolic OH excluding ortho intramolecular Hbond substituents is 8. The fraction of sp³-hybridized carbons (Fsp3) is 0.226. The van der Waals surface area contributed by atoms with Gasteiger partial charge in [0.2, 0.25) is 11.5 Å². The summed E-state index contributed by atoms with van der Waals surface area (Å²) < 4.78 is 0. The van der Waals surface area contributed by atoms with E-state index in [0.717, 1.165) is 11.1 Å². The third kappa shape index (κ3) is 5.18. The lowest BCUT2D eigenvalue weighted by Gasteiger charge is -2.16. The maximum atomic E-state index is 10.6. The van der Waals surface area contributed by atoms with E-state index in [1.165, 1.54) is 12.1 Å². The first-order valence-corrected chi connectivity index (χ1v) is 12.4. The van der Waals surface area contributed by atoms with Gasteiger partial charge in [-0.15, -0.1) is 0 Å².